The van der Waals surface area contributed by atoms with Gasteiger partial charge in [0.1, 0.15) is 11.5 Å². The number of carboxylic acid groups (broad SMARTS) is 1. The number of aliphatic carboxylic acids is 1. The first-order chi connectivity index (χ1) is 10.1. The van der Waals surface area contributed by atoms with Crippen molar-refractivity contribution in [3.8, 4) is 11.5 Å². The molecule has 1 saturated heterocycles. The van der Waals surface area contributed by atoms with E-state index in [0.717, 1.165) is 17.1 Å². The van der Waals surface area contributed by atoms with Gasteiger partial charge in [-0.25, -0.2) is 0 Å². The van der Waals surface area contributed by atoms with Crippen LogP contribution in [0.4, 0.5) is 0 Å². The maximum absolute atomic E-state index is 10.9. The lowest BCUT2D eigenvalue weighted by Gasteiger charge is -2.35. The molecule has 1 aliphatic rings. The molecule has 21 heavy (non-hydrogen) atoms. The smallest absolute Gasteiger partial charge is 0.305 e. The third kappa shape index (κ3) is 4.09. The van der Waals surface area contributed by atoms with Crippen molar-refractivity contribution in [1.82, 2.24) is 4.90 Å². The van der Waals surface area contributed by atoms with Gasteiger partial charge in [0, 0.05) is 30.8 Å². The molecule has 0 radical (unpaired) electrons. The van der Waals surface area contributed by atoms with Crippen LogP contribution in [-0.4, -0.2) is 56.0 Å². The van der Waals surface area contributed by atoms with Gasteiger partial charge in [0.25, 0.3) is 0 Å². The number of benzene rings is 1. The minimum absolute atomic E-state index is 0.0818. The molecule has 6 heteroatoms. The number of carbonyl (C=O) groups is 1. The van der Waals surface area contributed by atoms with E-state index < -0.39 is 5.97 Å². The molecule has 1 aromatic carbocycles. The van der Waals surface area contributed by atoms with Crippen LogP contribution < -0.4 is 9.47 Å². The SMILES string of the molecule is COc1ccc(CN2CCOCC2CC(=O)O)c(OC)c1. The van der Waals surface area contributed by atoms with E-state index in [1.54, 1.807) is 14.2 Å². The summed E-state index contributed by atoms with van der Waals surface area (Å²) in [6, 6.07) is 5.56. The second-order valence-electron chi connectivity index (χ2n) is 4.97. The minimum atomic E-state index is -0.808. The van der Waals surface area contributed by atoms with E-state index in [1.165, 1.54) is 0 Å². The zero-order valence-electron chi connectivity index (χ0n) is 12.4. The van der Waals surface area contributed by atoms with Crippen molar-refractivity contribution in [2.24, 2.45) is 0 Å². The maximum Gasteiger partial charge on any atom is 0.305 e. The molecule has 0 bridgehead atoms. The number of carboxylic acids is 1. The van der Waals surface area contributed by atoms with Crippen LogP contribution in [0.25, 0.3) is 0 Å². The highest BCUT2D eigenvalue weighted by atomic mass is 16.5. The van der Waals surface area contributed by atoms with Crippen LogP contribution in [0.15, 0.2) is 18.2 Å². The molecule has 0 amide bonds. The molecule has 0 spiro atoms. The lowest BCUT2D eigenvalue weighted by atomic mass is 10.1. The molecule has 2 rings (SSSR count). The topological polar surface area (TPSA) is 68.2 Å². The normalized spacial score (nSPS) is 19.2. The first-order valence-corrected chi connectivity index (χ1v) is 6.88. The number of hydrogen-bond donors (Lipinski definition) is 1. The summed E-state index contributed by atoms with van der Waals surface area (Å²) in [5, 5.41) is 9.00. The number of hydrogen-bond acceptors (Lipinski definition) is 5. The van der Waals surface area contributed by atoms with Gasteiger partial charge in [-0.3, -0.25) is 9.69 Å². The zero-order chi connectivity index (χ0) is 15.2. The average molecular weight is 295 g/mol. The van der Waals surface area contributed by atoms with Crippen molar-refractivity contribution in [3.63, 3.8) is 0 Å². The third-order valence-corrected chi connectivity index (χ3v) is 3.63. The summed E-state index contributed by atoms with van der Waals surface area (Å²) in [7, 11) is 3.23. The fourth-order valence-corrected chi connectivity index (χ4v) is 2.49. The molecule has 1 aromatic rings. The molecule has 0 saturated carbocycles. The van der Waals surface area contributed by atoms with Gasteiger partial charge in [-0.1, -0.05) is 6.07 Å². The van der Waals surface area contributed by atoms with E-state index in [4.69, 9.17) is 19.3 Å². The predicted molar refractivity (Wildman–Crippen MR) is 76.8 cm³/mol. The van der Waals surface area contributed by atoms with Crippen LogP contribution in [0.1, 0.15) is 12.0 Å². The highest BCUT2D eigenvalue weighted by Gasteiger charge is 2.26. The summed E-state index contributed by atoms with van der Waals surface area (Å²) in [5.74, 6) is 0.673. The molecule has 1 unspecified atom stereocenters. The molecule has 1 heterocycles. The Hall–Kier alpha value is -1.79. The van der Waals surface area contributed by atoms with Gasteiger partial charge < -0.3 is 19.3 Å². The molecule has 0 aromatic heterocycles. The van der Waals surface area contributed by atoms with Gasteiger partial charge >= 0.3 is 5.97 Å². The Kier molecular flexibility index (Phi) is 5.41. The van der Waals surface area contributed by atoms with E-state index in [0.29, 0.717) is 26.3 Å². The quantitative estimate of drug-likeness (QED) is 0.855. The summed E-state index contributed by atoms with van der Waals surface area (Å²) < 4.78 is 16.0. The number of nitrogens with zero attached hydrogens (tertiary/aromatic N) is 1. The predicted octanol–water partition coefficient (Wildman–Crippen LogP) is 1.38. The van der Waals surface area contributed by atoms with Gasteiger partial charge in [-0.05, 0) is 6.07 Å². The third-order valence-electron chi connectivity index (χ3n) is 3.63. The number of rotatable bonds is 6. The van der Waals surface area contributed by atoms with Crippen LogP contribution in [-0.2, 0) is 16.1 Å². The van der Waals surface area contributed by atoms with Crippen LogP contribution in [0.3, 0.4) is 0 Å². The first-order valence-electron chi connectivity index (χ1n) is 6.88. The largest absolute Gasteiger partial charge is 0.497 e. The van der Waals surface area contributed by atoms with Crippen molar-refractivity contribution in [2.45, 2.75) is 19.0 Å². The van der Waals surface area contributed by atoms with Gasteiger partial charge in [0.15, 0.2) is 0 Å². The number of ether oxygens (including phenoxy) is 3. The van der Waals surface area contributed by atoms with Crippen molar-refractivity contribution in [3.05, 3.63) is 23.8 Å². The van der Waals surface area contributed by atoms with Gasteiger partial charge in [0.2, 0.25) is 0 Å². The van der Waals surface area contributed by atoms with E-state index in [9.17, 15) is 4.79 Å². The zero-order valence-corrected chi connectivity index (χ0v) is 12.4. The molecule has 0 aliphatic carbocycles. The van der Waals surface area contributed by atoms with Crippen molar-refractivity contribution in [2.75, 3.05) is 34.0 Å². The number of morpholine rings is 1. The van der Waals surface area contributed by atoms with E-state index in [-0.39, 0.29) is 12.5 Å². The lowest BCUT2D eigenvalue weighted by molar-refractivity contribution is -0.140. The fourth-order valence-electron chi connectivity index (χ4n) is 2.49. The lowest BCUT2D eigenvalue weighted by Crippen LogP contribution is -2.45. The maximum atomic E-state index is 10.9. The highest BCUT2D eigenvalue weighted by Crippen LogP contribution is 2.27. The van der Waals surface area contributed by atoms with Gasteiger partial charge in [0.05, 0.1) is 33.9 Å². The van der Waals surface area contributed by atoms with Crippen LogP contribution in [0.2, 0.25) is 0 Å². The second-order valence-corrected chi connectivity index (χ2v) is 4.97. The minimum Gasteiger partial charge on any atom is -0.497 e. The molecule has 6 nitrogen and oxygen atoms in total. The first kappa shape index (κ1) is 15.6. The Bertz CT molecular complexity index is 491. The standard InChI is InChI=1S/C15H21NO5/c1-19-13-4-3-11(14(8-13)20-2)9-16-5-6-21-10-12(16)7-15(17)18/h3-4,8,12H,5-7,9-10H2,1-2H3,(H,17,18). The van der Waals surface area contributed by atoms with Crippen LogP contribution in [0.5, 0.6) is 11.5 Å². The summed E-state index contributed by atoms with van der Waals surface area (Å²) in [6.45, 7) is 2.42. The molecular formula is C15H21NO5. The Morgan fingerprint density at radius 2 is 2.24 bits per heavy atom. The fraction of sp³-hybridized carbons (Fsp3) is 0.533. The van der Waals surface area contributed by atoms with Crippen molar-refractivity contribution < 1.29 is 24.1 Å². The average Bonchev–Trinajstić information content (AvgIpc) is 2.49. The van der Waals surface area contributed by atoms with Crippen LogP contribution in [0, 0.1) is 0 Å². The second kappa shape index (κ2) is 7.28. The molecule has 1 atom stereocenters. The Balaban J connectivity index is 2.13. The molecule has 1 fully saturated rings. The highest BCUT2D eigenvalue weighted by molar-refractivity contribution is 5.67. The molecule has 1 aliphatic heterocycles. The summed E-state index contributed by atoms with van der Waals surface area (Å²) in [4.78, 5) is 13.1. The number of methoxy groups -OCH3 is 2. The van der Waals surface area contributed by atoms with Crippen molar-refractivity contribution >= 4 is 5.97 Å². The van der Waals surface area contributed by atoms with Crippen molar-refractivity contribution in [1.29, 1.82) is 0 Å². The summed E-state index contributed by atoms with van der Waals surface area (Å²) >= 11 is 0. The summed E-state index contributed by atoms with van der Waals surface area (Å²) in [5.41, 5.74) is 1.01. The van der Waals surface area contributed by atoms with E-state index >= 15 is 0 Å². The summed E-state index contributed by atoms with van der Waals surface area (Å²) in [6.07, 6.45) is 0.0818. The monoisotopic (exact) mass is 295 g/mol. The van der Waals surface area contributed by atoms with Crippen LogP contribution >= 0.6 is 0 Å². The Labute approximate surface area is 124 Å². The van der Waals surface area contributed by atoms with Gasteiger partial charge in [-0.15, -0.1) is 0 Å². The Morgan fingerprint density at radius 1 is 1.43 bits per heavy atom. The van der Waals surface area contributed by atoms with E-state index in [1.807, 2.05) is 18.2 Å². The van der Waals surface area contributed by atoms with E-state index in [2.05, 4.69) is 4.90 Å². The Morgan fingerprint density at radius 3 is 2.90 bits per heavy atom. The molecule has 1 N–H and O–H groups in total. The molecular weight excluding hydrogens is 274 g/mol. The molecule has 116 valence electrons. The van der Waals surface area contributed by atoms with Gasteiger partial charge in [-0.2, -0.15) is 0 Å².